The van der Waals surface area contributed by atoms with Crippen LogP contribution in [0.25, 0.3) is 0 Å². The van der Waals surface area contributed by atoms with Crippen molar-refractivity contribution in [2.75, 3.05) is 43.4 Å². The Labute approximate surface area is 218 Å². The third-order valence-corrected chi connectivity index (χ3v) is 8.02. The van der Waals surface area contributed by atoms with Crippen molar-refractivity contribution in [2.24, 2.45) is 5.73 Å². The lowest BCUT2D eigenvalue weighted by Crippen LogP contribution is -2.48. The molecule has 37 heavy (non-hydrogen) atoms. The van der Waals surface area contributed by atoms with Crippen LogP contribution >= 0.6 is 0 Å². The van der Waals surface area contributed by atoms with Crippen LogP contribution in [0.2, 0.25) is 0 Å². The molecule has 1 aromatic heterocycles. The van der Waals surface area contributed by atoms with Crippen molar-refractivity contribution >= 4 is 29.1 Å². The highest BCUT2D eigenvalue weighted by atomic mass is 16.2. The van der Waals surface area contributed by atoms with Crippen LogP contribution in [-0.2, 0) is 4.79 Å². The first kappa shape index (κ1) is 25.2. The fourth-order valence-electron chi connectivity index (χ4n) is 5.62. The third-order valence-electron chi connectivity index (χ3n) is 8.02. The van der Waals surface area contributed by atoms with Crippen LogP contribution in [-0.4, -0.2) is 76.9 Å². The average Bonchev–Trinajstić information content (AvgIpc) is 3.78. The molecule has 1 atom stereocenters. The second-order valence-corrected chi connectivity index (χ2v) is 10.5. The fraction of sp³-hybridized carbons (Fsp3) is 0.500. The van der Waals surface area contributed by atoms with Gasteiger partial charge in [0.15, 0.2) is 11.5 Å². The molecule has 0 bridgehead atoms. The number of primary amides is 1. The number of likely N-dealkylation sites (N-methyl/N-ethyl adjacent to an activating group) is 1. The topological polar surface area (TPSA) is 108 Å². The van der Waals surface area contributed by atoms with E-state index in [1.54, 1.807) is 11.1 Å². The number of nitrogens with two attached hydrogens (primary N) is 1. The van der Waals surface area contributed by atoms with Crippen molar-refractivity contribution in [3.63, 3.8) is 0 Å². The molecule has 2 aromatic rings. The molecule has 3 aliphatic rings. The second kappa shape index (κ2) is 10.9. The number of nitrogens with one attached hydrogen (secondary N) is 1. The van der Waals surface area contributed by atoms with E-state index in [1.165, 1.54) is 50.4 Å². The van der Waals surface area contributed by atoms with Crippen LogP contribution in [0, 0.1) is 0 Å². The SMILES string of the molecule is C=CC(=O)N1CCCC(N(C)c2cnc(C(N)=O)c(Nc3ccc(C4CCN(C5CC5)CC4)cc3)n2)C1. The van der Waals surface area contributed by atoms with Gasteiger partial charge in [-0.05, 0) is 81.3 Å². The molecule has 2 aliphatic heterocycles. The predicted octanol–water partition coefficient (Wildman–Crippen LogP) is 3.27. The van der Waals surface area contributed by atoms with E-state index in [4.69, 9.17) is 10.7 Å². The summed E-state index contributed by atoms with van der Waals surface area (Å²) in [5, 5.41) is 3.26. The Morgan fingerprint density at radius 1 is 1.11 bits per heavy atom. The molecule has 9 nitrogen and oxygen atoms in total. The van der Waals surface area contributed by atoms with E-state index in [-0.39, 0.29) is 17.6 Å². The van der Waals surface area contributed by atoms with Gasteiger partial charge in [-0.1, -0.05) is 18.7 Å². The van der Waals surface area contributed by atoms with E-state index >= 15 is 0 Å². The van der Waals surface area contributed by atoms with Crippen LogP contribution < -0.4 is 16.0 Å². The lowest BCUT2D eigenvalue weighted by atomic mass is 9.89. The number of nitrogens with zero attached hydrogens (tertiary/aromatic N) is 5. The van der Waals surface area contributed by atoms with E-state index in [2.05, 4.69) is 33.9 Å². The fourth-order valence-corrected chi connectivity index (χ4v) is 5.62. The number of aromatic nitrogens is 2. The van der Waals surface area contributed by atoms with Gasteiger partial charge in [-0.25, -0.2) is 9.97 Å². The van der Waals surface area contributed by atoms with E-state index in [9.17, 15) is 9.59 Å². The number of anilines is 3. The Morgan fingerprint density at radius 2 is 1.84 bits per heavy atom. The lowest BCUT2D eigenvalue weighted by molar-refractivity contribution is -0.127. The Morgan fingerprint density at radius 3 is 2.49 bits per heavy atom. The monoisotopic (exact) mass is 503 g/mol. The number of hydrogen-bond donors (Lipinski definition) is 2. The van der Waals surface area contributed by atoms with Gasteiger partial charge in [-0.15, -0.1) is 0 Å². The molecule has 1 saturated carbocycles. The summed E-state index contributed by atoms with van der Waals surface area (Å²) in [6.07, 6.45) is 9.89. The number of hydrogen-bond acceptors (Lipinski definition) is 7. The maximum Gasteiger partial charge on any atom is 0.271 e. The summed E-state index contributed by atoms with van der Waals surface area (Å²) >= 11 is 0. The minimum atomic E-state index is -0.635. The highest BCUT2D eigenvalue weighted by Crippen LogP contribution is 2.35. The highest BCUT2D eigenvalue weighted by Gasteiger charge is 2.32. The number of likely N-dealkylation sites (tertiary alicyclic amines) is 2. The minimum Gasteiger partial charge on any atom is -0.364 e. The van der Waals surface area contributed by atoms with Crippen LogP contribution in [0.1, 0.15) is 60.5 Å². The number of carbonyl (C=O) groups excluding carboxylic acids is 2. The Bertz CT molecular complexity index is 1140. The van der Waals surface area contributed by atoms with E-state index in [1.807, 2.05) is 24.1 Å². The summed E-state index contributed by atoms with van der Waals surface area (Å²) in [6, 6.07) is 9.33. The van der Waals surface area contributed by atoms with Crippen molar-refractivity contribution in [1.29, 1.82) is 0 Å². The second-order valence-electron chi connectivity index (χ2n) is 10.5. The zero-order valence-corrected chi connectivity index (χ0v) is 21.6. The number of carbonyl (C=O) groups is 2. The van der Waals surface area contributed by atoms with Gasteiger partial charge >= 0.3 is 0 Å². The number of amides is 2. The molecular formula is C28H37N7O2. The molecule has 196 valence electrons. The van der Waals surface area contributed by atoms with Gasteiger partial charge in [-0.3, -0.25) is 9.59 Å². The maximum atomic E-state index is 12.1. The minimum absolute atomic E-state index is 0.0625. The van der Waals surface area contributed by atoms with E-state index < -0.39 is 5.91 Å². The quantitative estimate of drug-likeness (QED) is 0.532. The highest BCUT2D eigenvalue weighted by molar-refractivity contribution is 5.96. The zero-order valence-electron chi connectivity index (χ0n) is 21.6. The first-order valence-corrected chi connectivity index (χ1v) is 13.3. The molecule has 5 rings (SSSR count). The van der Waals surface area contributed by atoms with Crippen molar-refractivity contribution in [3.8, 4) is 0 Å². The molecule has 0 radical (unpaired) electrons. The summed E-state index contributed by atoms with van der Waals surface area (Å²) < 4.78 is 0. The molecule has 1 aliphatic carbocycles. The van der Waals surface area contributed by atoms with Gasteiger partial charge in [0.2, 0.25) is 5.91 Å². The van der Waals surface area contributed by atoms with Crippen molar-refractivity contribution in [3.05, 3.63) is 54.4 Å². The Balaban J connectivity index is 1.28. The average molecular weight is 504 g/mol. The molecule has 1 aromatic carbocycles. The third kappa shape index (κ3) is 5.77. The summed E-state index contributed by atoms with van der Waals surface area (Å²) in [5.74, 6) is 0.836. The molecule has 0 spiro atoms. The number of piperidine rings is 2. The van der Waals surface area contributed by atoms with Crippen LogP contribution in [0.3, 0.4) is 0 Å². The summed E-state index contributed by atoms with van der Waals surface area (Å²) in [6.45, 7) is 7.29. The van der Waals surface area contributed by atoms with Gasteiger partial charge in [0.1, 0.15) is 5.82 Å². The van der Waals surface area contributed by atoms with Gasteiger partial charge in [-0.2, -0.15) is 0 Å². The predicted molar refractivity (Wildman–Crippen MR) is 145 cm³/mol. The summed E-state index contributed by atoms with van der Waals surface area (Å²) in [5.41, 5.74) is 7.89. The molecule has 1 unspecified atom stereocenters. The summed E-state index contributed by atoms with van der Waals surface area (Å²) in [7, 11) is 1.94. The van der Waals surface area contributed by atoms with Gasteiger partial charge in [0.05, 0.1) is 6.20 Å². The van der Waals surface area contributed by atoms with Crippen molar-refractivity contribution in [1.82, 2.24) is 19.8 Å². The van der Waals surface area contributed by atoms with E-state index in [0.29, 0.717) is 24.1 Å². The number of rotatable bonds is 8. The van der Waals surface area contributed by atoms with Crippen LogP contribution in [0.4, 0.5) is 17.3 Å². The first-order chi connectivity index (χ1) is 17.9. The Hall–Kier alpha value is -3.46. The molecule has 3 heterocycles. The van der Waals surface area contributed by atoms with Gasteiger partial charge < -0.3 is 25.8 Å². The molecular weight excluding hydrogens is 466 g/mol. The maximum absolute atomic E-state index is 12.1. The standard InChI is InChI=1S/C28H37N7O2/c1-3-25(36)35-14-4-5-23(18-35)33(2)24-17-30-26(27(29)37)28(32-24)31-21-8-6-19(7-9-21)20-12-15-34(16-13-20)22-10-11-22/h3,6-9,17,20,22-23H,1,4-5,10-16,18H2,2H3,(H2,29,37)(H,31,32). The molecule has 2 amide bonds. The molecule has 2 saturated heterocycles. The van der Waals surface area contributed by atoms with Crippen LogP contribution in [0.15, 0.2) is 43.1 Å². The van der Waals surface area contributed by atoms with Gasteiger partial charge in [0.25, 0.3) is 5.91 Å². The molecule has 9 heteroatoms. The van der Waals surface area contributed by atoms with E-state index in [0.717, 1.165) is 31.1 Å². The van der Waals surface area contributed by atoms with Crippen LogP contribution in [0.5, 0.6) is 0 Å². The largest absolute Gasteiger partial charge is 0.364 e. The zero-order chi connectivity index (χ0) is 25.9. The number of benzene rings is 1. The lowest BCUT2D eigenvalue weighted by Gasteiger charge is -2.37. The first-order valence-electron chi connectivity index (χ1n) is 13.3. The van der Waals surface area contributed by atoms with Crippen molar-refractivity contribution in [2.45, 2.75) is 56.5 Å². The smallest absolute Gasteiger partial charge is 0.271 e. The van der Waals surface area contributed by atoms with Crippen molar-refractivity contribution < 1.29 is 9.59 Å². The molecule has 3 N–H and O–H groups in total. The van der Waals surface area contributed by atoms with Gasteiger partial charge in [0, 0.05) is 37.9 Å². The Kier molecular flexibility index (Phi) is 7.41. The molecule has 3 fully saturated rings. The normalized spacial score (nSPS) is 20.9. The summed E-state index contributed by atoms with van der Waals surface area (Å²) in [4.78, 5) is 39.7.